The number of furan rings is 2. The fourth-order valence-corrected chi connectivity index (χ4v) is 2.46. The molecule has 5 nitrogen and oxygen atoms in total. The maximum absolute atomic E-state index is 12.9. The smallest absolute Gasteiger partial charge is 0.318 e. The molecule has 2 heterocycles. The van der Waals surface area contributed by atoms with Crippen LogP contribution in [0.4, 0.5) is 9.18 Å². The van der Waals surface area contributed by atoms with Crippen LogP contribution in [0.15, 0.2) is 69.9 Å². The highest BCUT2D eigenvalue weighted by Gasteiger charge is 2.16. The zero-order valence-corrected chi connectivity index (χ0v) is 13.7. The monoisotopic (exact) mass is 342 g/mol. The van der Waals surface area contributed by atoms with Gasteiger partial charge in [-0.25, -0.2) is 9.18 Å². The van der Waals surface area contributed by atoms with E-state index in [-0.39, 0.29) is 11.8 Å². The molecule has 1 N–H and O–H groups in total. The van der Waals surface area contributed by atoms with Gasteiger partial charge in [0.15, 0.2) is 0 Å². The lowest BCUT2D eigenvalue weighted by atomic mass is 10.1. The van der Waals surface area contributed by atoms with E-state index in [4.69, 9.17) is 8.83 Å². The lowest BCUT2D eigenvalue weighted by molar-refractivity contribution is 0.182. The quantitative estimate of drug-likeness (QED) is 0.707. The molecule has 0 saturated carbocycles. The minimum Gasteiger partial charge on any atom is -0.467 e. The second-order valence-corrected chi connectivity index (χ2v) is 5.62. The molecule has 0 aliphatic rings. The van der Waals surface area contributed by atoms with Crippen molar-refractivity contribution in [3.05, 3.63) is 84.0 Å². The van der Waals surface area contributed by atoms with Gasteiger partial charge < -0.3 is 19.1 Å². The summed E-state index contributed by atoms with van der Waals surface area (Å²) < 4.78 is 23.6. The Bertz CT molecular complexity index is 731. The average molecular weight is 342 g/mol. The summed E-state index contributed by atoms with van der Waals surface area (Å²) in [6.07, 6.45) is 3.78. The predicted octanol–water partition coefficient (Wildman–Crippen LogP) is 3.97. The first kappa shape index (κ1) is 16.8. The van der Waals surface area contributed by atoms with Crippen LogP contribution in [-0.2, 0) is 19.5 Å². The largest absolute Gasteiger partial charge is 0.467 e. The fraction of sp³-hybridized carbons (Fsp3) is 0.211. The Kier molecular flexibility index (Phi) is 5.51. The Morgan fingerprint density at radius 3 is 2.08 bits per heavy atom. The number of nitrogens with zero attached hydrogens (tertiary/aromatic N) is 1. The van der Waals surface area contributed by atoms with Gasteiger partial charge in [-0.1, -0.05) is 12.1 Å². The van der Waals surface area contributed by atoms with Crippen molar-refractivity contribution in [2.45, 2.75) is 19.5 Å². The maximum atomic E-state index is 12.9. The van der Waals surface area contributed by atoms with Crippen molar-refractivity contribution in [2.24, 2.45) is 0 Å². The van der Waals surface area contributed by atoms with E-state index in [1.807, 2.05) is 12.1 Å². The van der Waals surface area contributed by atoms with Gasteiger partial charge in [-0.05, 0) is 48.4 Å². The number of carbonyl (C=O) groups excluding carboxylic acids is 1. The van der Waals surface area contributed by atoms with Crippen LogP contribution < -0.4 is 5.32 Å². The van der Waals surface area contributed by atoms with Gasteiger partial charge in [-0.2, -0.15) is 0 Å². The van der Waals surface area contributed by atoms with Crippen molar-refractivity contribution in [2.75, 3.05) is 6.54 Å². The van der Waals surface area contributed by atoms with Crippen molar-refractivity contribution in [1.82, 2.24) is 10.2 Å². The first-order chi connectivity index (χ1) is 12.2. The lowest BCUT2D eigenvalue weighted by Gasteiger charge is -2.21. The van der Waals surface area contributed by atoms with Crippen molar-refractivity contribution in [1.29, 1.82) is 0 Å². The molecule has 0 atom stereocenters. The van der Waals surface area contributed by atoms with Crippen LogP contribution >= 0.6 is 0 Å². The van der Waals surface area contributed by atoms with Crippen LogP contribution in [0, 0.1) is 5.82 Å². The van der Waals surface area contributed by atoms with Crippen LogP contribution in [0.25, 0.3) is 0 Å². The van der Waals surface area contributed by atoms with E-state index in [1.165, 1.54) is 12.1 Å². The number of nitrogens with one attached hydrogen (secondary N) is 1. The predicted molar refractivity (Wildman–Crippen MR) is 90.2 cm³/mol. The van der Waals surface area contributed by atoms with Crippen LogP contribution in [-0.4, -0.2) is 17.5 Å². The number of carbonyl (C=O) groups is 1. The van der Waals surface area contributed by atoms with Gasteiger partial charge in [-0.3, -0.25) is 0 Å². The number of amides is 2. The molecule has 0 bridgehead atoms. The summed E-state index contributed by atoms with van der Waals surface area (Å²) >= 11 is 0. The second-order valence-electron chi connectivity index (χ2n) is 5.62. The molecule has 3 aromatic rings. The van der Waals surface area contributed by atoms with Crippen molar-refractivity contribution < 1.29 is 18.0 Å². The van der Waals surface area contributed by atoms with Gasteiger partial charge in [0, 0.05) is 6.54 Å². The van der Waals surface area contributed by atoms with Crippen molar-refractivity contribution in [3.8, 4) is 0 Å². The first-order valence-electron chi connectivity index (χ1n) is 8.03. The summed E-state index contributed by atoms with van der Waals surface area (Å²) in [6.45, 7) is 1.14. The van der Waals surface area contributed by atoms with Gasteiger partial charge in [-0.15, -0.1) is 0 Å². The molecule has 2 aromatic heterocycles. The topological polar surface area (TPSA) is 58.6 Å². The average Bonchev–Trinajstić information content (AvgIpc) is 3.30. The van der Waals surface area contributed by atoms with Gasteiger partial charge in [0.1, 0.15) is 17.3 Å². The van der Waals surface area contributed by atoms with Crippen molar-refractivity contribution in [3.63, 3.8) is 0 Å². The standard InChI is InChI=1S/C19H19FN2O3/c20-16-7-5-15(6-8-16)9-10-21-19(23)22(13-17-3-1-11-24-17)14-18-4-2-12-25-18/h1-8,11-12H,9-10,13-14H2,(H,21,23). The Morgan fingerprint density at radius 1 is 0.960 bits per heavy atom. The summed E-state index contributed by atoms with van der Waals surface area (Å²) in [7, 11) is 0. The highest BCUT2D eigenvalue weighted by molar-refractivity contribution is 5.74. The number of halogens is 1. The van der Waals surface area contributed by atoms with E-state index in [2.05, 4.69) is 5.32 Å². The molecule has 1 aromatic carbocycles. The minimum absolute atomic E-state index is 0.213. The Hall–Kier alpha value is -3.02. The van der Waals surface area contributed by atoms with E-state index >= 15 is 0 Å². The zero-order valence-electron chi connectivity index (χ0n) is 13.7. The number of rotatable bonds is 7. The van der Waals surface area contributed by atoms with Crippen LogP contribution in [0.1, 0.15) is 17.1 Å². The van der Waals surface area contributed by atoms with Crippen LogP contribution in [0.3, 0.4) is 0 Å². The molecule has 3 rings (SSSR count). The van der Waals surface area contributed by atoms with Gasteiger partial charge in [0.25, 0.3) is 0 Å². The molecule has 0 spiro atoms. The van der Waals surface area contributed by atoms with E-state index in [0.29, 0.717) is 37.6 Å². The highest BCUT2D eigenvalue weighted by Crippen LogP contribution is 2.11. The maximum Gasteiger partial charge on any atom is 0.318 e. The molecule has 0 fully saturated rings. The normalized spacial score (nSPS) is 10.6. The molecule has 130 valence electrons. The third kappa shape index (κ3) is 4.97. The molecule has 2 amide bonds. The summed E-state index contributed by atoms with van der Waals surface area (Å²) in [5.41, 5.74) is 0.963. The lowest BCUT2D eigenvalue weighted by Crippen LogP contribution is -2.39. The van der Waals surface area contributed by atoms with E-state index < -0.39 is 0 Å². The fourth-order valence-electron chi connectivity index (χ4n) is 2.46. The minimum atomic E-state index is -0.268. The number of benzene rings is 1. The van der Waals surface area contributed by atoms with Gasteiger partial charge in [0.2, 0.25) is 0 Å². The Balaban J connectivity index is 1.56. The summed E-state index contributed by atoms with van der Waals surface area (Å²) in [4.78, 5) is 14.1. The second kappa shape index (κ2) is 8.19. The first-order valence-corrected chi connectivity index (χ1v) is 8.03. The Morgan fingerprint density at radius 2 is 1.56 bits per heavy atom. The number of hydrogen-bond acceptors (Lipinski definition) is 3. The molecule has 0 radical (unpaired) electrons. The molecular formula is C19H19FN2O3. The summed E-state index contributed by atoms with van der Waals surface area (Å²) in [6, 6.07) is 13.3. The molecule has 0 aliphatic heterocycles. The summed E-state index contributed by atoms with van der Waals surface area (Å²) in [5.74, 6) is 1.12. The highest BCUT2D eigenvalue weighted by atomic mass is 19.1. The number of urea groups is 1. The SMILES string of the molecule is O=C(NCCc1ccc(F)cc1)N(Cc1ccco1)Cc1ccco1. The van der Waals surface area contributed by atoms with Gasteiger partial charge in [0.05, 0.1) is 25.6 Å². The van der Waals surface area contributed by atoms with Crippen LogP contribution in [0.2, 0.25) is 0 Å². The molecular weight excluding hydrogens is 323 g/mol. The molecule has 0 saturated heterocycles. The zero-order chi connectivity index (χ0) is 17.5. The number of hydrogen-bond donors (Lipinski definition) is 1. The molecule has 6 heteroatoms. The van der Waals surface area contributed by atoms with E-state index in [9.17, 15) is 9.18 Å². The third-order valence-electron chi connectivity index (χ3n) is 3.74. The van der Waals surface area contributed by atoms with E-state index in [0.717, 1.165) is 5.56 Å². The summed E-state index contributed by atoms with van der Waals surface area (Å²) in [5, 5.41) is 2.88. The van der Waals surface area contributed by atoms with Crippen molar-refractivity contribution >= 4 is 6.03 Å². The van der Waals surface area contributed by atoms with E-state index in [1.54, 1.807) is 41.7 Å². The van der Waals surface area contributed by atoms with Gasteiger partial charge >= 0.3 is 6.03 Å². The third-order valence-corrected chi connectivity index (χ3v) is 3.74. The molecule has 0 aliphatic carbocycles. The van der Waals surface area contributed by atoms with Crippen LogP contribution in [0.5, 0.6) is 0 Å². The molecule has 0 unspecified atom stereocenters. The Labute approximate surface area is 145 Å². The molecule has 25 heavy (non-hydrogen) atoms.